The highest BCUT2D eigenvalue weighted by Crippen LogP contribution is 2.17. The lowest BCUT2D eigenvalue weighted by Crippen LogP contribution is -2.13. The summed E-state index contributed by atoms with van der Waals surface area (Å²) in [6, 6.07) is 3.54. The average Bonchev–Trinajstić information content (AvgIpc) is 3.20. The van der Waals surface area contributed by atoms with Crippen LogP contribution in [0.15, 0.2) is 33.4 Å². The largest absolute Gasteiger partial charge is 0.459 e. The molecule has 0 atom stereocenters. The summed E-state index contributed by atoms with van der Waals surface area (Å²) in [5, 5.41) is 19.3. The lowest BCUT2D eigenvalue weighted by atomic mass is 10.4. The third-order valence-electron chi connectivity index (χ3n) is 2.82. The third kappa shape index (κ3) is 3.34. The number of nitrogens with one attached hydrogen (secondary N) is 1. The Hall–Kier alpha value is -2.48. The minimum absolute atomic E-state index is 0.361. The van der Waals surface area contributed by atoms with E-state index >= 15 is 0 Å². The van der Waals surface area contributed by atoms with Crippen LogP contribution in [0.2, 0.25) is 0 Å². The van der Waals surface area contributed by atoms with Crippen LogP contribution in [0, 0.1) is 0 Å². The van der Waals surface area contributed by atoms with Crippen molar-refractivity contribution in [1.29, 1.82) is 0 Å². The lowest BCUT2D eigenvalue weighted by molar-refractivity contribution is 0.454. The summed E-state index contributed by atoms with van der Waals surface area (Å²) in [6.45, 7) is 4.17. The van der Waals surface area contributed by atoms with E-state index in [1.165, 1.54) is 0 Å². The number of hydrogen-bond donors (Lipinski definition) is 1. The van der Waals surface area contributed by atoms with Crippen molar-refractivity contribution in [2.75, 3.05) is 6.54 Å². The summed E-state index contributed by atoms with van der Waals surface area (Å²) in [4.78, 5) is 0. The molecule has 0 aliphatic carbocycles. The van der Waals surface area contributed by atoms with Crippen molar-refractivity contribution in [3.8, 4) is 11.7 Å². The molecule has 0 saturated carbocycles. The van der Waals surface area contributed by atoms with Crippen LogP contribution in [-0.4, -0.2) is 31.7 Å². The van der Waals surface area contributed by atoms with Crippen molar-refractivity contribution in [2.24, 2.45) is 0 Å². The second-order valence-electron chi connectivity index (χ2n) is 4.56. The maximum absolute atomic E-state index is 5.52. The molecule has 21 heavy (non-hydrogen) atoms. The van der Waals surface area contributed by atoms with Gasteiger partial charge in [0.15, 0.2) is 5.76 Å². The Labute approximate surface area is 121 Å². The van der Waals surface area contributed by atoms with Gasteiger partial charge in [-0.05, 0) is 25.1 Å². The fraction of sp³-hybridized carbons (Fsp3) is 0.385. The monoisotopic (exact) mass is 288 g/mol. The molecule has 3 aromatic rings. The van der Waals surface area contributed by atoms with Crippen LogP contribution in [0.25, 0.3) is 11.7 Å². The molecule has 0 saturated heterocycles. The fourth-order valence-corrected chi connectivity index (χ4v) is 1.85. The molecule has 0 aromatic carbocycles. The van der Waals surface area contributed by atoms with Crippen LogP contribution in [0.3, 0.4) is 0 Å². The maximum atomic E-state index is 5.52. The first kappa shape index (κ1) is 13.5. The molecule has 110 valence electrons. The van der Waals surface area contributed by atoms with Crippen LogP contribution in [-0.2, 0) is 13.1 Å². The van der Waals surface area contributed by atoms with Gasteiger partial charge in [-0.15, -0.1) is 15.3 Å². The highest BCUT2D eigenvalue weighted by Gasteiger charge is 2.11. The molecule has 3 heterocycles. The van der Waals surface area contributed by atoms with E-state index in [-0.39, 0.29) is 0 Å². The molecule has 0 radical (unpaired) electrons. The van der Waals surface area contributed by atoms with E-state index in [0.717, 1.165) is 18.7 Å². The molecule has 0 bridgehead atoms. The first-order chi connectivity index (χ1) is 10.3. The highest BCUT2D eigenvalue weighted by molar-refractivity contribution is 5.42. The van der Waals surface area contributed by atoms with Gasteiger partial charge in [0.25, 0.3) is 5.89 Å². The molecule has 8 nitrogen and oxygen atoms in total. The maximum Gasteiger partial charge on any atom is 0.283 e. The van der Waals surface area contributed by atoms with Gasteiger partial charge in [-0.1, -0.05) is 12.1 Å². The third-order valence-corrected chi connectivity index (χ3v) is 2.82. The van der Waals surface area contributed by atoms with E-state index in [4.69, 9.17) is 8.83 Å². The van der Waals surface area contributed by atoms with E-state index in [9.17, 15) is 0 Å². The molecular weight excluding hydrogens is 272 g/mol. The number of furan rings is 1. The van der Waals surface area contributed by atoms with Crippen molar-refractivity contribution in [3.63, 3.8) is 0 Å². The van der Waals surface area contributed by atoms with E-state index < -0.39 is 0 Å². The van der Waals surface area contributed by atoms with Crippen LogP contribution in [0.1, 0.15) is 24.9 Å². The van der Waals surface area contributed by atoms with E-state index in [1.807, 2.05) is 6.20 Å². The van der Waals surface area contributed by atoms with Crippen LogP contribution in [0.4, 0.5) is 0 Å². The topological polar surface area (TPSA) is 94.8 Å². The molecule has 0 aliphatic heterocycles. The molecule has 8 heteroatoms. The first-order valence-electron chi connectivity index (χ1n) is 6.81. The molecule has 0 amide bonds. The van der Waals surface area contributed by atoms with E-state index in [2.05, 4.69) is 32.7 Å². The molecule has 0 aliphatic rings. The van der Waals surface area contributed by atoms with Crippen molar-refractivity contribution < 1.29 is 8.83 Å². The second-order valence-corrected chi connectivity index (χ2v) is 4.56. The summed E-state index contributed by atoms with van der Waals surface area (Å²) in [7, 11) is 0. The van der Waals surface area contributed by atoms with Crippen LogP contribution >= 0.6 is 0 Å². The Bertz CT molecular complexity index is 672. The highest BCUT2D eigenvalue weighted by atomic mass is 16.4. The van der Waals surface area contributed by atoms with E-state index in [0.29, 0.717) is 30.6 Å². The first-order valence-corrected chi connectivity index (χ1v) is 6.81. The zero-order valence-corrected chi connectivity index (χ0v) is 11.7. The molecule has 3 aromatic heterocycles. The summed E-state index contributed by atoms with van der Waals surface area (Å²) < 4.78 is 12.4. The molecule has 0 spiro atoms. The van der Waals surface area contributed by atoms with Gasteiger partial charge in [-0.2, -0.15) is 0 Å². The minimum Gasteiger partial charge on any atom is -0.459 e. The van der Waals surface area contributed by atoms with Gasteiger partial charge < -0.3 is 14.2 Å². The molecule has 3 rings (SSSR count). The molecular formula is C13H16N6O2. The smallest absolute Gasteiger partial charge is 0.283 e. The Balaban J connectivity index is 1.61. The summed E-state index contributed by atoms with van der Waals surface area (Å²) >= 11 is 0. The second kappa shape index (κ2) is 6.31. The average molecular weight is 288 g/mol. The van der Waals surface area contributed by atoms with Gasteiger partial charge in [0.2, 0.25) is 5.89 Å². The quantitative estimate of drug-likeness (QED) is 0.658. The summed E-state index contributed by atoms with van der Waals surface area (Å²) in [5.74, 6) is 1.37. The van der Waals surface area contributed by atoms with Crippen LogP contribution < -0.4 is 5.32 Å². The zero-order valence-electron chi connectivity index (χ0n) is 11.7. The van der Waals surface area contributed by atoms with Crippen molar-refractivity contribution in [1.82, 2.24) is 30.5 Å². The Kier molecular flexibility index (Phi) is 4.06. The number of aromatic nitrogens is 5. The summed E-state index contributed by atoms with van der Waals surface area (Å²) in [5.41, 5.74) is 0.884. The number of nitrogens with zero attached hydrogens (tertiary/aromatic N) is 5. The van der Waals surface area contributed by atoms with Gasteiger partial charge in [0, 0.05) is 6.54 Å². The van der Waals surface area contributed by atoms with Crippen molar-refractivity contribution >= 4 is 0 Å². The van der Waals surface area contributed by atoms with Gasteiger partial charge in [-0.25, -0.2) is 4.68 Å². The fourth-order valence-electron chi connectivity index (χ4n) is 1.85. The zero-order chi connectivity index (χ0) is 14.5. The number of rotatable bonds is 7. The van der Waals surface area contributed by atoms with Gasteiger partial charge in [0.1, 0.15) is 6.54 Å². The SMILES string of the molecule is CCCNCc1cn(Cc2nnc(-c3ccco3)o2)nn1. The minimum atomic E-state index is 0.361. The normalized spacial score (nSPS) is 11.1. The molecule has 0 unspecified atom stereocenters. The predicted octanol–water partition coefficient (Wildman–Crippen LogP) is 1.47. The Morgan fingerprint density at radius 2 is 2.24 bits per heavy atom. The van der Waals surface area contributed by atoms with E-state index in [1.54, 1.807) is 23.1 Å². The van der Waals surface area contributed by atoms with Gasteiger partial charge in [-0.3, -0.25) is 0 Å². The van der Waals surface area contributed by atoms with Crippen molar-refractivity contribution in [2.45, 2.75) is 26.4 Å². The molecule has 0 fully saturated rings. The number of hydrogen-bond acceptors (Lipinski definition) is 7. The summed E-state index contributed by atoms with van der Waals surface area (Å²) in [6.07, 6.45) is 4.51. The van der Waals surface area contributed by atoms with Gasteiger partial charge >= 0.3 is 0 Å². The lowest BCUT2D eigenvalue weighted by Gasteiger charge is -1.97. The standard InChI is InChI=1S/C13H16N6O2/c1-2-5-14-7-10-8-19(18-15-10)9-12-16-17-13(21-12)11-4-3-6-20-11/h3-4,6,8,14H,2,5,7,9H2,1H3. The van der Waals surface area contributed by atoms with Gasteiger partial charge in [0.05, 0.1) is 18.2 Å². The van der Waals surface area contributed by atoms with Crippen molar-refractivity contribution in [3.05, 3.63) is 36.2 Å². The Morgan fingerprint density at radius 1 is 1.29 bits per heavy atom. The molecule has 1 N–H and O–H groups in total. The Morgan fingerprint density at radius 3 is 3.05 bits per heavy atom. The predicted molar refractivity (Wildman–Crippen MR) is 73.1 cm³/mol. The van der Waals surface area contributed by atoms with Crippen LogP contribution in [0.5, 0.6) is 0 Å².